The van der Waals surface area contributed by atoms with Gasteiger partial charge in [-0.1, -0.05) is 72.1 Å². The molecule has 5 rings (SSSR count). The predicted octanol–water partition coefficient (Wildman–Crippen LogP) is 7.11. The summed E-state index contributed by atoms with van der Waals surface area (Å²) >= 11 is 0. The molecule has 0 aromatic heterocycles. The zero-order valence-electron chi connectivity index (χ0n) is 21.5. The van der Waals surface area contributed by atoms with Crippen molar-refractivity contribution in [2.24, 2.45) is 34.1 Å². The largest absolute Gasteiger partial charge is 0.338 e. The first-order chi connectivity index (χ1) is 15.5. The molecule has 0 aromatic rings. The molecule has 3 aliphatic carbocycles. The lowest BCUT2D eigenvalue weighted by Gasteiger charge is -2.40. The van der Waals surface area contributed by atoms with Gasteiger partial charge in [-0.25, -0.2) is 0 Å². The van der Waals surface area contributed by atoms with Gasteiger partial charge in [-0.15, -0.1) is 0 Å². The van der Waals surface area contributed by atoms with E-state index in [2.05, 4.69) is 30.6 Å². The van der Waals surface area contributed by atoms with Gasteiger partial charge in [0.1, 0.15) is 0 Å². The van der Waals surface area contributed by atoms with Gasteiger partial charge in [0.05, 0.1) is 18.6 Å². The van der Waals surface area contributed by atoms with Gasteiger partial charge in [0.2, 0.25) is 0 Å². The number of hydrogen-bond donors (Lipinski definition) is 0. The minimum Gasteiger partial charge on any atom is -0.338 e. The summed E-state index contributed by atoms with van der Waals surface area (Å²) < 4.78 is 0. The highest BCUT2D eigenvalue weighted by Crippen LogP contribution is 2.42. The maximum atomic E-state index is 5.26. The summed E-state index contributed by atoms with van der Waals surface area (Å²) in [4.78, 5) is 10.9. The Morgan fingerprint density at radius 3 is 2.09 bits per heavy atom. The summed E-state index contributed by atoms with van der Waals surface area (Å²) in [6, 6.07) is 1.46. The topological polar surface area (TPSA) is 18.8 Å². The van der Waals surface area contributed by atoms with Gasteiger partial charge in [-0.05, 0) is 74.0 Å². The molecule has 0 bridgehead atoms. The SMILES string of the molecule is CC(C)(C)C1CCC(CN2C3=NC[C@H](CC4CCCCC4)N3C[C@H]2C2CCCCC2)CC1. The molecule has 3 heteroatoms. The molecule has 0 N–H and O–H groups in total. The van der Waals surface area contributed by atoms with Crippen LogP contribution in [-0.4, -0.2) is 47.5 Å². The van der Waals surface area contributed by atoms with Crippen molar-refractivity contribution in [2.75, 3.05) is 19.6 Å². The van der Waals surface area contributed by atoms with Crippen LogP contribution in [0.5, 0.6) is 0 Å². The van der Waals surface area contributed by atoms with Crippen molar-refractivity contribution >= 4 is 5.96 Å². The van der Waals surface area contributed by atoms with E-state index in [9.17, 15) is 0 Å². The summed E-state index contributed by atoms with van der Waals surface area (Å²) in [7, 11) is 0. The highest BCUT2D eigenvalue weighted by molar-refractivity contribution is 5.84. The van der Waals surface area contributed by atoms with E-state index < -0.39 is 0 Å². The van der Waals surface area contributed by atoms with Crippen molar-refractivity contribution < 1.29 is 0 Å². The van der Waals surface area contributed by atoms with E-state index in [0.29, 0.717) is 11.5 Å². The van der Waals surface area contributed by atoms with Crippen LogP contribution >= 0.6 is 0 Å². The molecule has 0 aromatic carbocycles. The highest BCUT2D eigenvalue weighted by Gasteiger charge is 2.46. The van der Waals surface area contributed by atoms with E-state index in [4.69, 9.17) is 4.99 Å². The van der Waals surface area contributed by atoms with Crippen LogP contribution in [-0.2, 0) is 0 Å². The molecule has 0 radical (unpaired) electrons. The fraction of sp³-hybridized carbons (Fsp3) is 0.966. The van der Waals surface area contributed by atoms with Crippen LogP contribution in [0.3, 0.4) is 0 Å². The normalized spacial score (nSPS) is 35.3. The Morgan fingerprint density at radius 2 is 1.44 bits per heavy atom. The number of hydrogen-bond acceptors (Lipinski definition) is 3. The average Bonchev–Trinajstić information content (AvgIpc) is 3.35. The zero-order chi connectivity index (χ0) is 22.1. The van der Waals surface area contributed by atoms with Crippen LogP contribution in [0.15, 0.2) is 4.99 Å². The Hall–Kier alpha value is -0.730. The van der Waals surface area contributed by atoms with E-state index in [1.807, 2.05) is 0 Å². The summed E-state index contributed by atoms with van der Waals surface area (Å²) in [5.74, 6) is 5.13. The van der Waals surface area contributed by atoms with Crippen molar-refractivity contribution in [1.82, 2.24) is 9.80 Å². The van der Waals surface area contributed by atoms with Gasteiger partial charge in [0.25, 0.3) is 0 Å². The van der Waals surface area contributed by atoms with Crippen LogP contribution in [0.4, 0.5) is 0 Å². The molecule has 3 nitrogen and oxygen atoms in total. The summed E-state index contributed by atoms with van der Waals surface area (Å²) in [5.41, 5.74) is 0.488. The van der Waals surface area contributed by atoms with E-state index in [-0.39, 0.29) is 0 Å². The maximum Gasteiger partial charge on any atom is 0.197 e. The van der Waals surface area contributed by atoms with Crippen molar-refractivity contribution in [1.29, 1.82) is 0 Å². The molecule has 1 saturated heterocycles. The molecule has 3 saturated carbocycles. The molecule has 5 aliphatic rings. The zero-order valence-corrected chi connectivity index (χ0v) is 21.5. The Morgan fingerprint density at radius 1 is 0.781 bits per heavy atom. The second kappa shape index (κ2) is 9.87. The van der Waals surface area contributed by atoms with Crippen LogP contribution in [0.1, 0.15) is 117 Å². The minimum atomic E-state index is 0.488. The van der Waals surface area contributed by atoms with E-state index in [0.717, 1.165) is 36.3 Å². The third kappa shape index (κ3) is 5.02. The Bertz CT molecular complexity index is 629. The summed E-state index contributed by atoms with van der Waals surface area (Å²) in [5, 5.41) is 0. The smallest absolute Gasteiger partial charge is 0.197 e. The molecule has 2 heterocycles. The Kier molecular flexibility index (Phi) is 7.10. The fourth-order valence-corrected chi connectivity index (χ4v) is 8.11. The molecular weight excluding hydrogens is 390 g/mol. The van der Waals surface area contributed by atoms with Crippen molar-refractivity contribution in [3.05, 3.63) is 0 Å². The molecule has 0 amide bonds. The number of guanidine groups is 1. The number of rotatable bonds is 5. The molecule has 0 unspecified atom stereocenters. The third-order valence-corrected chi connectivity index (χ3v) is 10.2. The van der Waals surface area contributed by atoms with Gasteiger partial charge >= 0.3 is 0 Å². The number of nitrogens with zero attached hydrogens (tertiary/aromatic N) is 3. The van der Waals surface area contributed by atoms with E-state index in [1.54, 1.807) is 0 Å². The first-order valence-electron chi connectivity index (χ1n) is 14.6. The van der Waals surface area contributed by atoms with Crippen molar-refractivity contribution in [3.8, 4) is 0 Å². The molecule has 182 valence electrons. The highest BCUT2D eigenvalue weighted by atomic mass is 15.5. The van der Waals surface area contributed by atoms with Crippen LogP contribution in [0.25, 0.3) is 0 Å². The molecule has 32 heavy (non-hydrogen) atoms. The van der Waals surface area contributed by atoms with Gasteiger partial charge in [0, 0.05) is 13.1 Å². The minimum absolute atomic E-state index is 0.488. The van der Waals surface area contributed by atoms with Gasteiger partial charge < -0.3 is 9.80 Å². The van der Waals surface area contributed by atoms with Crippen molar-refractivity contribution in [2.45, 2.75) is 129 Å². The van der Waals surface area contributed by atoms with Gasteiger partial charge in [-0.2, -0.15) is 0 Å². The van der Waals surface area contributed by atoms with Gasteiger partial charge in [0.15, 0.2) is 5.96 Å². The number of aliphatic imine (C=N–C) groups is 1. The lowest BCUT2D eigenvalue weighted by atomic mass is 9.69. The Balaban J connectivity index is 1.25. The summed E-state index contributed by atoms with van der Waals surface area (Å²) in [6.07, 6.45) is 21.9. The second-order valence-electron chi connectivity index (χ2n) is 13.4. The van der Waals surface area contributed by atoms with Crippen LogP contribution < -0.4 is 0 Å². The Labute approximate surface area is 198 Å². The monoisotopic (exact) mass is 441 g/mol. The average molecular weight is 442 g/mol. The first-order valence-corrected chi connectivity index (χ1v) is 14.6. The van der Waals surface area contributed by atoms with Crippen LogP contribution in [0.2, 0.25) is 0 Å². The standard InChI is InChI=1S/C29H51N3/c1-29(2,3)25-16-14-23(15-17-25)20-32-27(24-12-8-5-9-13-24)21-31-26(19-30-28(31)32)18-22-10-6-4-7-11-22/h22-27H,4-21H2,1-3H3/t23?,25?,26-,27-/m0/s1. The molecule has 4 fully saturated rings. The molecular formula is C29H51N3. The number of fused-ring (bicyclic) bond motifs is 1. The van der Waals surface area contributed by atoms with E-state index in [1.165, 1.54) is 115 Å². The maximum absolute atomic E-state index is 5.26. The molecule has 2 aliphatic heterocycles. The fourth-order valence-electron chi connectivity index (χ4n) is 8.11. The third-order valence-electron chi connectivity index (χ3n) is 10.2. The molecule has 0 spiro atoms. The quantitative estimate of drug-likeness (QED) is 0.452. The first kappa shape index (κ1) is 23.0. The van der Waals surface area contributed by atoms with Crippen LogP contribution in [0, 0.1) is 29.1 Å². The van der Waals surface area contributed by atoms with Crippen molar-refractivity contribution in [3.63, 3.8) is 0 Å². The van der Waals surface area contributed by atoms with Gasteiger partial charge in [-0.3, -0.25) is 4.99 Å². The lowest BCUT2D eigenvalue weighted by Crippen LogP contribution is -2.43. The summed E-state index contributed by atoms with van der Waals surface area (Å²) in [6.45, 7) is 11.0. The van der Waals surface area contributed by atoms with E-state index >= 15 is 0 Å². The predicted molar refractivity (Wildman–Crippen MR) is 136 cm³/mol. The molecule has 2 atom stereocenters. The lowest BCUT2D eigenvalue weighted by molar-refractivity contribution is 0.122. The second-order valence-corrected chi connectivity index (χ2v) is 13.4.